The van der Waals surface area contributed by atoms with Crippen LogP contribution in [0.4, 0.5) is 5.95 Å². The molecule has 0 aliphatic rings. The molecule has 0 fully saturated rings. The van der Waals surface area contributed by atoms with Gasteiger partial charge in [-0.1, -0.05) is 0 Å². The van der Waals surface area contributed by atoms with E-state index < -0.39 is 0 Å². The third-order valence-corrected chi connectivity index (χ3v) is 1.54. The Balaban J connectivity index is 2.73. The van der Waals surface area contributed by atoms with Gasteiger partial charge in [-0.3, -0.25) is 9.69 Å². The van der Waals surface area contributed by atoms with Crippen LogP contribution in [0.1, 0.15) is 6.92 Å². The van der Waals surface area contributed by atoms with Crippen LogP contribution in [-0.2, 0) is 4.79 Å². The van der Waals surface area contributed by atoms with Gasteiger partial charge in [-0.25, -0.2) is 4.98 Å². The minimum atomic E-state index is 0.488. The first-order valence-electron chi connectivity index (χ1n) is 2.86. The highest BCUT2D eigenvalue weighted by molar-refractivity contribution is 7.03. The van der Waals surface area contributed by atoms with E-state index in [9.17, 15) is 4.79 Å². The Labute approximate surface area is 62.7 Å². The number of hydrogen-bond acceptors (Lipinski definition) is 4. The van der Waals surface area contributed by atoms with Crippen LogP contribution < -0.4 is 4.90 Å². The summed E-state index contributed by atoms with van der Waals surface area (Å²) in [6.07, 6.45) is 0.724. The van der Waals surface area contributed by atoms with E-state index in [1.54, 1.807) is 5.51 Å². The van der Waals surface area contributed by atoms with Gasteiger partial charge in [0.15, 0.2) is 0 Å². The van der Waals surface area contributed by atoms with Crippen molar-refractivity contribution >= 4 is 23.9 Å². The fourth-order valence-corrected chi connectivity index (χ4v) is 0.990. The van der Waals surface area contributed by atoms with E-state index >= 15 is 0 Å². The third-order valence-electron chi connectivity index (χ3n) is 1.07. The molecule has 4 nitrogen and oxygen atoms in total. The summed E-state index contributed by atoms with van der Waals surface area (Å²) in [4.78, 5) is 15.6. The van der Waals surface area contributed by atoms with Crippen molar-refractivity contribution in [1.82, 2.24) is 9.36 Å². The molecule has 0 saturated heterocycles. The van der Waals surface area contributed by atoms with Gasteiger partial charge in [-0.05, 0) is 18.5 Å². The number of carbonyl (C=O) groups excluding carboxylic acids is 1. The van der Waals surface area contributed by atoms with E-state index in [4.69, 9.17) is 0 Å². The van der Waals surface area contributed by atoms with Crippen molar-refractivity contribution in [2.45, 2.75) is 6.92 Å². The molecule has 0 N–H and O–H groups in total. The van der Waals surface area contributed by atoms with E-state index in [2.05, 4.69) is 9.36 Å². The van der Waals surface area contributed by atoms with Gasteiger partial charge in [0.1, 0.15) is 5.51 Å². The Morgan fingerprint density at radius 3 is 3.10 bits per heavy atom. The molecular weight excluding hydrogens is 150 g/mol. The Hall–Kier alpha value is -0.970. The second-order valence-corrected chi connectivity index (χ2v) is 2.23. The molecule has 1 amide bonds. The minimum absolute atomic E-state index is 0.488. The molecule has 0 aliphatic carbocycles. The van der Waals surface area contributed by atoms with Crippen LogP contribution in [0.5, 0.6) is 0 Å². The molecule has 0 atom stereocenters. The van der Waals surface area contributed by atoms with Gasteiger partial charge in [0.05, 0.1) is 0 Å². The second-order valence-electron chi connectivity index (χ2n) is 1.62. The molecule has 0 unspecified atom stereocenters. The topological polar surface area (TPSA) is 46.1 Å². The van der Waals surface area contributed by atoms with Gasteiger partial charge in [0.25, 0.3) is 0 Å². The zero-order valence-electron chi connectivity index (χ0n) is 5.52. The van der Waals surface area contributed by atoms with Crippen molar-refractivity contribution in [3.63, 3.8) is 0 Å². The van der Waals surface area contributed by atoms with Crippen LogP contribution in [-0.4, -0.2) is 22.3 Å². The molecule has 0 radical (unpaired) electrons. The van der Waals surface area contributed by atoms with E-state index in [0.717, 1.165) is 6.41 Å². The summed E-state index contributed by atoms with van der Waals surface area (Å²) < 4.78 is 3.88. The number of anilines is 1. The number of amides is 1. The first kappa shape index (κ1) is 7.14. The van der Waals surface area contributed by atoms with Gasteiger partial charge in [0, 0.05) is 6.54 Å². The van der Waals surface area contributed by atoms with Crippen molar-refractivity contribution in [2.24, 2.45) is 0 Å². The molecule has 10 heavy (non-hydrogen) atoms. The van der Waals surface area contributed by atoms with Crippen molar-refractivity contribution in [3.8, 4) is 0 Å². The zero-order valence-corrected chi connectivity index (χ0v) is 6.34. The lowest BCUT2D eigenvalue weighted by Crippen LogP contribution is -2.21. The van der Waals surface area contributed by atoms with Crippen LogP contribution >= 0.6 is 11.5 Å². The van der Waals surface area contributed by atoms with E-state index in [1.807, 2.05) is 6.92 Å². The average Bonchev–Trinajstić information content (AvgIpc) is 2.43. The summed E-state index contributed by atoms with van der Waals surface area (Å²) in [6.45, 7) is 2.48. The summed E-state index contributed by atoms with van der Waals surface area (Å²) in [7, 11) is 0. The predicted octanol–water partition coefficient (Wildman–Crippen LogP) is 0.521. The molecule has 54 valence electrons. The lowest BCUT2D eigenvalue weighted by molar-refractivity contribution is -0.107. The maximum Gasteiger partial charge on any atom is 0.243 e. The fourth-order valence-electron chi connectivity index (χ4n) is 0.555. The fraction of sp³-hybridized carbons (Fsp3) is 0.400. The van der Waals surface area contributed by atoms with Gasteiger partial charge >= 0.3 is 0 Å². The van der Waals surface area contributed by atoms with Gasteiger partial charge in [-0.2, -0.15) is 4.37 Å². The Morgan fingerprint density at radius 1 is 1.90 bits per heavy atom. The predicted molar refractivity (Wildman–Crippen MR) is 39.0 cm³/mol. The normalized spacial score (nSPS) is 9.30. The highest BCUT2D eigenvalue weighted by Gasteiger charge is 2.03. The molecular formula is C5H7N3OS. The smallest absolute Gasteiger partial charge is 0.243 e. The molecule has 1 aromatic rings. The highest BCUT2D eigenvalue weighted by Crippen LogP contribution is 2.04. The number of carbonyl (C=O) groups is 1. The summed E-state index contributed by atoms with van der Waals surface area (Å²) in [5, 5.41) is 0. The SMILES string of the molecule is CCN(C=O)c1ncsn1. The second kappa shape index (κ2) is 3.26. The van der Waals surface area contributed by atoms with E-state index in [1.165, 1.54) is 16.4 Å². The number of hydrogen-bond donors (Lipinski definition) is 0. The van der Waals surface area contributed by atoms with Crippen LogP contribution in [0.3, 0.4) is 0 Å². The zero-order chi connectivity index (χ0) is 7.40. The largest absolute Gasteiger partial charge is 0.283 e. The molecule has 1 rings (SSSR count). The molecule has 1 heterocycles. The molecule has 0 spiro atoms. The van der Waals surface area contributed by atoms with Gasteiger partial charge in [-0.15, -0.1) is 0 Å². The van der Waals surface area contributed by atoms with Gasteiger partial charge in [0.2, 0.25) is 12.4 Å². The third kappa shape index (κ3) is 1.30. The van der Waals surface area contributed by atoms with Crippen LogP contribution in [0.15, 0.2) is 5.51 Å². The number of aromatic nitrogens is 2. The Bertz CT molecular complexity index is 199. The maximum atomic E-state index is 10.3. The lowest BCUT2D eigenvalue weighted by atomic mass is 10.6. The van der Waals surface area contributed by atoms with Crippen molar-refractivity contribution in [1.29, 1.82) is 0 Å². The average molecular weight is 157 g/mol. The quantitative estimate of drug-likeness (QED) is 0.601. The number of rotatable bonds is 3. The van der Waals surface area contributed by atoms with Crippen LogP contribution in [0, 0.1) is 0 Å². The van der Waals surface area contributed by atoms with E-state index in [0.29, 0.717) is 12.5 Å². The molecule has 0 saturated carbocycles. The maximum absolute atomic E-state index is 10.3. The van der Waals surface area contributed by atoms with Crippen LogP contribution in [0.25, 0.3) is 0 Å². The van der Waals surface area contributed by atoms with E-state index in [-0.39, 0.29) is 0 Å². The van der Waals surface area contributed by atoms with Crippen molar-refractivity contribution < 1.29 is 4.79 Å². The Morgan fingerprint density at radius 2 is 2.70 bits per heavy atom. The van der Waals surface area contributed by atoms with Crippen molar-refractivity contribution in [2.75, 3.05) is 11.4 Å². The summed E-state index contributed by atoms with van der Waals surface area (Å²) >= 11 is 1.24. The standard InChI is InChI=1S/C5H7N3OS/c1-2-8(4-9)5-6-3-10-7-5/h3-4H,2H2,1H3. The van der Waals surface area contributed by atoms with Crippen molar-refractivity contribution in [3.05, 3.63) is 5.51 Å². The summed E-state index contributed by atoms with van der Waals surface area (Å²) in [6, 6.07) is 0. The minimum Gasteiger partial charge on any atom is -0.283 e. The summed E-state index contributed by atoms with van der Waals surface area (Å²) in [5.41, 5.74) is 1.60. The summed E-state index contributed by atoms with van der Waals surface area (Å²) in [5.74, 6) is 0.488. The number of nitrogens with zero attached hydrogens (tertiary/aromatic N) is 3. The molecule has 1 aromatic heterocycles. The molecule has 0 aliphatic heterocycles. The molecule has 5 heteroatoms. The Kier molecular flexibility index (Phi) is 2.33. The first-order chi connectivity index (χ1) is 4.88. The van der Waals surface area contributed by atoms with Crippen LogP contribution in [0.2, 0.25) is 0 Å². The lowest BCUT2D eigenvalue weighted by Gasteiger charge is -2.07. The highest BCUT2D eigenvalue weighted by atomic mass is 32.1. The molecule has 0 bridgehead atoms. The van der Waals surface area contributed by atoms with Gasteiger partial charge < -0.3 is 0 Å². The molecule has 0 aromatic carbocycles. The first-order valence-corrected chi connectivity index (χ1v) is 3.70. The monoisotopic (exact) mass is 157 g/mol.